The van der Waals surface area contributed by atoms with Crippen LogP contribution in [0.5, 0.6) is 46.0 Å². The van der Waals surface area contributed by atoms with Gasteiger partial charge >= 0.3 is 0 Å². The lowest BCUT2D eigenvalue weighted by atomic mass is 9.43. The zero-order valence-corrected chi connectivity index (χ0v) is 79.0. The molecule has 0 aromatic heterocycles. The van der Waals surface area contributed by atoms with E-state index in [1.165, 1.54) is 0 Å². The van der Waals surface area contributed by atoms with Crippen LogP contribution >= 0.6 is 0 Å². The fourth-order valence-corrected chi connectivity index (χ4v) is 18.2. The molecule has 0 aliphatic carbocycles. The number of benzene rings is 8. The van der Waals surface area contributed by atoms with Gasteiger partial charge in [0.15, 0.2) is 0 Å². The third-order valence-corrected chi connectivity index (χ3v) is 24.7. The molecule has 628 valence electrons. The summed E-state index contributed by atoms with van der Waals surface area (Å²) in [6.07, 6.45) is 0.996. The standard InChI is InChI=1S/C107H152O8/c1-41-61-47-69(89(110)75(49-61)99(17,18)19)85(70-48-62(42-2)50-76(90(70)111)100(20,21)22)107(84(67-43-59(3)45-73(87(67)108)97(11,12)13)68-44-60(4)46-74(88(68)109)98(14,15)16,83(63-51-77(101(23,24)25)93(114)78(52-63)102(26,27)28)64-53-79(103(29,30)31)94(115)80(54-64)104(32,33)34)86(71-55-65(95(5,6)7)57-81(91(71)112)105(35,36)37)72-56-66(96(8,9)10)58-82(92(72)113)106(38,39)40/h43-58,83-86,108-115H,41-42H2,1-40H3. The Labute approximate surface area is 697 Å². The average molecular weight is 1570 g/mol. The molecule has 115 heavy (non-hydrogen) atoms. The van der Waals surface area contributed by atoms with Gasteiger partial charge in [-0.25, -0.2) is 0 Å². The van der Waals surface area contributed by atoms with Crippen molar-refractivity contribution >= 4 is 0 Å². The average Bonchev–Trinajstić information content (AvgIpc) is 0.673. The maximum atomic E-state index is 15.4. The molecule has 0 bridgehead atoms. The van der Waals surface area contributed by atoms with E-state index < -0.39 is 94.1 Å². The van der Waals surface area contributed by atoms with Crippen molar-refractivity contribution in [1.29, 1.82) is 0 Å². The van der Waals surface area contributed by atoms with Gasteiger partial charge in [-0.2, -0.15) is 0 Å². The quantitative estimate of drug-likeness (QED) is 0.0534. The van der Waals surface area contributed by atoms with Gasteiger partial charge in [-0.1, -0.05) is 371 Å². The minimum absolute atomic E-state index is 0.0411. The lowest BCUT2D eigenvalue weighted by Crippen LogP contribution is -2.49. The number of phenolic OH excluding ortho intramolecular Hbond substituents is 8. The summed E-state index contributed by atoms with van der Waals surface area (Å²) in [5.74, 6) is -5.78. The Bertz CT molecular complexity index is 4610. The number of aryl methyl sites for hydroxylation is 4. The first-order valence-electron chi connectivity index (χ1n) is 42.6. The Morgan fingerprint density at radius 2 is 0.383 bits per heavy atom. The molecular formula is C107H152O8. The van der Waals surface area contributed by atoms with Crippen LogP contribution in [0.1, 0.15) is 420 Å². The Kier molecular flexibility index (Phi) is 24.6. The van der Waals surface area contributed by atoms with Gasteiger partial charge in [-0.15, -0.1) is 0 Å². The predicted octanol–water partition coefficient (Wildman–Crippen LogP) is 28.3. The molecule has 0 aliphatic rings. The Balaban J connectivity index is 2.25. The molecule has 0 fully saturated rings. The molecule has 0 aliphatic heterocycles. The summed E-state index contributed by atoms with van der Waals surface area (Å²) in [5, 5.41) is 119. The van der Waals surface area contributed by atoms with Crippen molar-refractivity contribution in [3.8, 4) is 46.0 Å². The largest absolute Gasteiger partial charge is 0.507 e. The van der Waals surface area contributed by atoms with Gasteiger partial charge in [0.2, 0.25) is 0 Å². The first-order chi connectivity index (χ1) is 51.7. The summed E-state index contributed by atoms with van der Waals surface area (Å²) >= 11 is 0. The maximum Gasteiger partial charge on any atom is 0.123 e. The van der Waals surface area contributed by atoms with Crippen LogP contribution in [0.25, 0.3) is 0 Å². The zero-order valence-electron chi connectivity index (χ0n) is 79.0. The molecular weight excluding hydrogens is 1410 g/mol. The van der Waals surface area contributed by atoms with E-state index in [2.05, 4.69) is 374 Å². The smallest absolute Gasteiger partial charge is 0.123 e. The molecule has 0 spiro atoms. The highest BCUT2D eigenvalue weighted by molar-refractivity contribution is 5.71. The summed E-state index contributed by atoms with van der Waals surface area (Å²) in [6.45, 7) is 85.3. The van der Waals surface area contributed by atoms with Gasteiger partial charge < -0.3 is 40.9 Å². The van der Waals surface area contributed by atoms with Crippen LogP contribution in [-0.2, 0) is 77.8 Å². The molecule has 8 nitrogen and oxygen atoms in total. The lowest BCUT2D eigenvalue weighted by Gasteiger charge is -2.58. The first-order valence-corrected chi connectivity index (χ1v) is 42.6. The predicted molar refractivity (Wildman–Crippen MR) is 487 cm³/mol. The zero-order chi connectivity index (χ0) is 88.0. The van der Waals surface area contributed by atoms with Gasteiger partial charge in [-0.05, 0) is 181 Å². The molecule has 1 unspecified atom stereocenters. The van der Waals surface area contributed by atoms with Crippen LogP contribution in [0.3, 0.4) is 0 Å². The van der Waals surface area contributed by atoms with Crippen molar-refractivity contribution in [2.45, 2.75) is 378 Å². The molecule has 8 N–H and O–H groups in total. The molecule has 0 saturated carbocycles. The fraction of sp³-hybridized carbons (Fsp3) is 0.551. The second kappa shape index (κ2) is 30.5. The van der Waals surface area contributed by atoms with Crippen molar-refractivity contribution < 1.29 is 40.9 Å². The Morgan fingerprint density at radius 1 is 0.200 bits per heavy atom. The molecule has 0 saturated heterocycles. The lowest BCUT2D eigenvalue weighted by molar-refractivity contribution is 0.136. The van der Waals surface area contributed by atoms with Crippen LogP contribution in [0, 0.1) is 19.3 Å². The van der Waals surface area contributed by atoms with E-state index >= 15 is 30.6 Å². The normalized spacial score (nSPS) is 14.3. The second-order valence-corrected chi connectivity index (χ2v) is 47.0. The maximum absolute atomic E-state index is 15.4. The van der Waals surface area contributed by atoms with E-state index in [4.69, 9.17) is 0 Å². The van der Waals surface area contributed by atoms with Gasteiger partial charge in [-0.3, -0.25) is 0 Å². The number of hydrogen-bond donors (Lipinski definition) is 8. The molecule has 0 radical (unpaired) electrons. The monoisotopic (exact) mass is 1570 g/mol. The molecule has 1 atom stereocenters. The van der Waals surface area contributed by atoms with Gasteiger partial charge in [0.05, 0.1) is 0 Å². The van der Waals surface area contributed by atoms with Crippen molar-refractivity contribution in [1.82, 2.24) is 0 Å². The first kappa shape index (κ1) is 92.7. The van der Waals surface area contributed by atoms with Crippen LogP contribution in [0.4, 0.5) is 0 Å². The molecule has 8 heteroatoms. The van der Waals surface area contributed by atoms with Crippen LogP contribution in [0.2, 0.25) is 0 Å². The summed E-state index contributed by atoms with van der Waals surface area (Å²) in [5.41, 5.74) is 3.79. The van der Waals surface area contributed by atoms with Crippen molar-refractivity contribution in [2.24, 2.45) is 5.41 Å². The summed E-state index contributed by atoms with van der Waals surface area (Å²) < 4.78 is 0. The molecule has 8 aromatic rings. The molecule has 0 heterocycles. The number of aromatic hydroxyl groups is 8. The third kappa shape index (κ3) is 18.1. The topological polar surface area (TPSA) is 162 Å². The van der Waals surface area contributed by atoms with E-state index in [0.29, 0.717) is 113 Å². The third-order valence-electron chi connectivity index (χ3n) is 24.7. The molecule has 0 amide bonds. The highest BCUT2D eigenvalue weighted by Gasteiger charge is 2.64. The minimum Gasteiger partial charge on any atom is -0.507 e. The van der Waals surface area contributed by atoms with Gasteiger partial charge in [0.1, 0.15) is 46.0 Å². The summed E-state index contributed by atoms with van der Waals surface area (Å²) in [6, 6.07) is 34.2. The number of rotatable bonds is 14. The van der Waals surface area contributed by atoms with Crippen molar-refractivity contribution in [2.75, 3.05) is 0 Å². The van der Waals surface area contributed by atoms with E-state index in [9.17, 15) is 10.2 Å². The molecule has 8 rings (SSSR count). The summed E-state index contributed by atoms with van der Waals surface area (Å²) in [7, 11) is 0. The second-order valence-electron chi connectivity index (χ2n) is 47.0. The minimum atomic E-state index is -2.21. The fourth-order valence-electron chi connectivity index (χ4n) is 18.2. The van der Waals surface area contributed by atoms with E-state index in [1.807, 2.05) is 0 Å². The van der Waals surface area contributed by atoms with E-state index in [1.54, 1.807) is 0 Å². The van der Waals surface area contributed by atoms with E-state index in [0.717, 1.165) is 33.4 Å². The van der Waals surface area contributed by atoms with Gasteiger partial charge in [0, 0.05) is 62.5 Å². The Morgan fingerprint density at radius 3 is 0.583 bits per heavy atom. The van der Waals surface area contributed by atoms with Crippen LogP contribution in [-0.4, -0.2) is 40.9 Å². The molecule has 8 aromatic carbocycles. The number of hydrogen-bond acceptors (Lipinski definition) is 8. The summed E-state index contributed by atoms with van der Waals surface area (Å²) in [4.78, 5) is 0. The van der Waals surface area contributed by atoms with E-state index in [-0.39, 0.29) is 46.0 Å². The van der Waals surface area contributed by atoms with Gasteiger partial charge in [0.25, 0.3) is 0 Å². The van der Waals surface area contributed by atoms with Crippen molar-refractivity contribution in [3.05, 3.63) is 231 Å². The van der Waals surface area contributed by atoms with Crippen LogP contribution in [0.15, 0.2) is 97.1 Å². The Hall–Kier alpha value is -7.84. The van der Waals surface area contributed by atoms with Crippen molar-refractivity contribution in [3.63, 3.8) is 0 Å². The highest BCUT2D eigenvalue weighted by atomic mass is 16.3. The van der Waals surface area contributed by atoms with Crippen LogP contribution < -0.4 is 0 Å². The highest BCUT2D eigenvalue weighted by Crippen LogP contribution is 2.75. The number of phenols is 8. The SMILES string of the molecule is CCc1cc(C(c2cc(CC)cc(C(C)(C)C)c2O)C(C(c2cc(C(C)(C)C)c(O)c(C(C)(C)C)c2)c2cc(C(C)(C)C)c(O)c(C(C)(C)C)c2)(C(c2cc(C)cc(C(C)(C)C)c2O)c2cc(C)cc(C(C)(C)C)c2O)C(c2cc(C(C)(C)C)cc(C(C)(C)C)c2O)c2cc(C(C)(C)C)cc(C(C)(C)C)c2O)c(O)c(C(C)(C)C)c1.